The van der Waals surface area contributed by atoms with Crippen LogP contribution >= 0.6 is 0 Å². The zero-order valence-corrected chi connectivity index (χ0v) is 15.9. The average molecular weight is 395 g/mol. The highest BCUT2D eigenvalue weighted by atomic mass is 19.1. The average Bonchev–Trinajstić information content (AvgIpc) is 2.59. The Labute approximate surface area is 160 Å². The number of fused-ring (bicyclic) bond motifs is 1. The third-order valence-electron chi connectivity index (χ3n) is 4.72. The van der Waals surface area contributed by atoms with E-state index in [9.17, 15) is 19.1 Å². The highest BCUT2D eigenvalue weighted by Crippen LogP contribution is 2.30. The van der Waals surface area contributed by atoms with Crippen molar-refractivity contribution >= 4 is 22.6 Å². The van der Waals surface area contributed by atoms with Gasteiger partial charge in [-0.05, 0) is 26.8 Å². The van der Waals surface area contributed by atoms with Crippen molar-refractivity contribution in [1.29, 1.82) is 0 Å². The van der Waals surface area contributed by atoms with Crippen molar-refractivity contribution in [3.8, 4) is 0 Å². The van der Waals surface area contributed by atoms with Crippen molar-refractivity contribution in [2.45, 2.75) is 26.3 Å². The van der Waals surface area contributed by atoms with Gasteiger partial charge in [-0.1, -0.05) is 0 Å². The second kappa shape index (κ2) is 7.12. The molecular weight excluding hydrogens is 372 g/mol. The predicted octanol–water partition coefficient (Wildman–Crippen LogP) is 1.55. The first-order valence-corrected chi connectivity index (χ1v) is 8.83. The number of nitrogens with two attached hydrogens (primary N) is 1. The number of rotatable bonds is 3. The Morgan fingerprint density at radius 2 is 1.82 bits per heavy atom. The molecule has 152 valence electrons. The smallest absolute Gasteiger partial charge is 0.341 e. The van der Waals surface area contributed by atoms with Gasteiger partial charge < -0.3 is 15.1 Å². The number of piperazine rings is 1. The maximum Gasteiger partial charge on any atom is 0.341 e. The Hall–Kier alpha value is -2.56. The van der Waals surface area contributed by atoms with E-state index in [2.05, 4.69) is 5.43 Å². The number of nitrogens with one attached hydrogen (secondary N) is 1. The first-order valence-electron chi connectivity index (χ1n) is 8.83. The molecule has 2 aromatic rings. The molecule has 0 amide bonds. The highest BCUT2D eigenvalue weighted by molar-refractivity contribution is 5.93. The zero-order chi connectivity index (χ0) is 20.8. The lowest BCUT2D eigenvalue weighted by Gasteiger charge is -2.33. The lowest BCUT2D eigenvalue weighted by molar-refractivity contribution is 0.0694. The Morgan fingerprint density at radius 3 is 2.36 bits per heavy atom. The molecule has 1 saturated heterocycles. The third-order valence-corrected chi connectivity index (χ3v) is 4.72. The van der Waals surface area contributed by atoms with Gasteiger partial charge in [0.2, 0.25) is 5.43 Å². The van der Waals surface area contributed by atoms with Gasteiger partial charge in [0.05, 0.1) is 10.9 Å². The topological polar surface area (TPSA) is 104 Å². The van der Waals surface area contributed by atoms with Gasteiger partial charge in [0.25, 0.3) is 0 Å². The summed E-state index contributed by atoms with van der Waals surface area (Å²) in [5.74, 6) is 2.32. The molecule has 0 radical (unpaired) electrons. The number of pyridine rings is 1. The van der Waals surface area contributed by atoms with E-state index in [-0.39, 0.29) is 10.9 Å². The van der Waals surface area contributed by atoms with E-state index < -0.39 is 39.8 Å². The van der Waals surface area contributed by atoms with E-state index in [1.54, 1.807) is 30.8 Å². The Balaban J connectivity index is 2.22. The lowest BCUT2D eigenvalue weighted by Crippen LogP contribution is -2.51. The molecular formula is C18H23F2N5O3. The van der Waals surface area contributed by atoms with Gasteiger partial charge >= 0.3 is 5.97 Å². The highest BCUT2D eigenvalue weighted by Gasteiger charge is 2.27. The van der Waals surface area contributed by atoms with Crippen LogP contribution in [0, 0.1) is 11.6 Å². The molecule has 1 aromatic carbocycles. The molecule has 1 aliphatic heterocycles. The van der Waals surface area contributed by atoms with Crippen LogP contribution in [0.25, 0.3) is 10.9 Å². The lowest BCUT2D eigenvalue weighted by atomic mass is 10.0. The maximum atomic E-state index is 15.4. The number of hydrogen-bond acceptors (Lipinski definition) is 6. The Kier molecular flexibility index (Phi) is 5.13. The Morgan fingerprint density at radius 1 is 1.21 bits per heavy atom. The molecule has 3 rings (SSSR count). The van der Waals surface area contributed by atoms with Crippen LogP contribution in [0.5, 0.6) is 0 Å². The number of aromatic carboxylic acids is 1. The molecule has 8 nitrogen and oxygen atoms in total. The molecule has 4 N–H and O–H groups in total. The number of halogens is 2. The number of nitrogens with zero attached hydrogens (tertiary/aromatic N) is 3. The zero-order valence-electron chi connectivity index (χ0n) is 15.9. The van der Waals surface area contributed by atoms with Crippen molar-refractivity contribution < 1.29 is 18.7 Å². The third kappa shape index (κ3) is 3.58. The number of anilines is 1. The fourth-order valence-corrected chi connectivity index (χ4v) is 3.19. The summed E-state index contributed by atoms with van der Waals surface area (Å²) in [5.41, 5.74) is -0.0247. The summed E-state index contributed by atoms with van der Waals surface area (Å²) in [7, 11) is 0. The van der Waals surface area contributed by atoms with Crippen LogP contribution in [0.2, 0.25) is 0 Å². The van der Waals surface area contributed by atoms with Gasteiger partial charge in [0, 0.05) is 37.9 Å². The van der Waals surface area contributed by atoms with Crippen LogP contribution in [-0.4, -0.2) is 51.8 Å². The van der Waals surface area contributed by atoms with Gasteiger partial charge in [-0.15, -0.1) is 0 Å². The number of hydrogen-bond donors (Lipinski definition) is 3. The largest absolute Gasteiger partial charge is 0.477 e. The van der Waals surface area contributed by atoms with Gasteiger partial charge in [0.1, 0.15) is 11.3 Å². The van der Waals surface area contributed by atoms with E-state index in [0.29, 0.717) is 26.2 Å². The molecule has 1 aliphatic rings. The van der Waals surface area contributed by atoms with Crippen LogP contribution in [-0.2, 0) is 5.54 Å². The number of hydrazine groups is 2. The van der Waals surface area contributed by atoms with Crippen LogP contribution < -0.4 is 16.7 Å². The van der Waals surface area contributed by atoms with Crippen molar-refractivity contribution in [2.75, 3.05) is 31.6 Å². The van der Waals surface area contributed by atoms with Gasteiger partial charge in [0.15, 0.2) is 11.6 Å². The molecule has 28 heavy (non-hydrogen) atoms. The minimum Gasteiger partial charge on any atom is -0.477 e. The van der Waals surface area contributed by atoms with E-state index in [4.69, 9.17) is 5.84 Å². The summed E-state index contributed by atoms with van der Waals surface area (Å²) in [4.78, 5) is 23.9. The number of carboxylic acid groups (broad SMARTS) is 1. The molecule has 0 spiro atoms. The molecule has 0 aliphatic carbocycles. The summed E-state index contributed by atoms with van der Waals surface area (Å²) in [5, 5.41) is 12.2. The fourth-order valence-electron chi connectivity index (χ4n) is 3.19. The maximum absolute atomic E-state index is 15.4. The first kappa shape index (κ1) is 20.2. The summed E-state index contributed by atoms with van der Waals surface area (Å²) >= 11 is 0. The summed E-state index contributed by atoms with van der Waals surface area (Å²) < 4.78 is 31.4. The number of carboxylic acids is 1. The molecule has 0 unspecified atom stereocenters. The number of aromatic nitrogens is 1. The second-order valence-electron chi connectivity index (χ2n) is 7.80. The van der Waals surface area contributed by atoms with Crippen LogP contribution in [0.4, 0.5) is 14.5 Å². The van der Waals surface area contributed by atoms with Gasteiger partial charge in [-0.25, -0.2) is 23.6 Å². The molecule has 2 heterocycles. The number of benzene rings is 1. The van der Waals surface area contributed by atoms with E-state index in [0.717, 1.165) is 12.3 Å². The second-order valence-corrected chi connectivity index (χ2v) is 7.80. The van der Waals surface area contributed by atoms with Crippen molar-refractivity contribution in [2.24, 2.45) is 5.84 Å². The normalized spacial score (nSPS) is 16.5. The van der Waals surface area contributed by atoms with Crippen LogP contribution in [0.15, 0.2) is 17.1 Å². The quantitative estimate of drug-likeness (QED) is 0.678. The SMILES string of the molecule is CC(C)(C)n1cc(C(=O)O)c(=O)c2cc(F)c(NN3CCN(N)CC3)c(F)c21. The minimum atomic E-state index is -1.45. The first-order chi connectivity index (χ1) is 13.0. The molecule has 1 fully saturated rings. The van der Waals surface area contributed by atoms with Gasteiger partial charge in [-0.3, -0.25) is 10.6 Å². The Bertz CT molecular complexity index is 992. The molecule has 0 saturated carbocycles. The predicted molar refractivity (Wildman–Crippen MR) is 101 cm³/mol. The van der Waals surface area contributed by atoms with E-state index in [1.807, 2.05) is 0 Å². The molecule has 0 bridgehead atoms. The van der Waals surface area contributed by atoms with Crippen molar-refractivity contribution in [1.82, 2.24) is 14.6 Å². The standard InChI is InChI=1S/C18H23F2N5O3/c1-18(2,3)25-9-11(17(27)28)16(26)10-8-12(19)14(13(20)15(10)25)22-24-6-4-23(21)5-7-24/h8-9,22H,4-7,21H2,1-3H3,(H,27,28). The van der Waals surface area contributed by atoms with Crippen LogP contribution in [0.1, 0.15) is 31.1 Å². The minimum absolute atomic E-state index is 0.149. The molecule has 0 atom stereocenters. The summed E-state index contributed by atoms with van der Waals surface area (Å²) in [6.07, 6.45) is 1.10. The monoisotopic (exact) mass is 395 g/mol. The summed E-state index contributed by atoms with van der Waals surface area (Å²) in [6, 6.07) is 0.886. The van der Waals surface area contributed by atoms with Crippen LogP contribution in [0.3, 0.4) is 0 Å². The number of carbonyl (C=O) groups is 1. The van der Waals surface area contributed by atoms with Gasteiger partial charge in [-0.2, -0.15) is 0 Å². The van der Waals surface area contributed by atoms with E-state index >= 15 is 4.39 Å². The molecule has 10 heteroatoms. The summed E-state index contributed by atoms with van der Waals surface area (Å²) in [6.45, 7) is 7.17. The molecule has 1 aromatic heterocycles. The fraction of sp³-hybridized carbons (Fsp3) is 0.444. The van der Waals surface area contributed by atoms with E-state index in [1.165, 1.54) is 4.57 Å². The van der Waals surface area contributed by atoms with Crippen molar-refractivity contribution in [3.63, 3.8) is 0 Å². The van der Waals surface area contributed by atoms with Crippen molar-refractivity contribution in [3.05, 3.63) is 39.7 Å².